The molecule has 184 valence electrons. The highest BCUT2D eigenvalue weighted by atomic mass is 19.1. The highest BCUT2D eigenvalue weighted by Crippen LogP contribution is 2.14. The molecule has 0 saturated heterocycles. The first-order chi connectivity index (χ1) is 16.0. The quantitative estimate of drug-likeness (QED) is 0.228. The zero-order valence-electron chi connectivity index (χ0n) is 19.6. The normalized spacial score (nSPS) is 11.1. The number of esters is 1. The van der Waals surface area contributed by atoms with Gasteiger partial charge in [0.1, 0.15) is 16.9 Å². The van der Waals surface area contributed by atoms with Crippen LogP contribution in [0.15, 0.2) is 35.1 Å². The monoisotopic (exact) mass is 477 g/mol. The van der Waals surface area contributed by atoms with Crippen molar-refractivity contribution in [3.8, 4) is 0 Å². The van der Waals surface area contributed by atoms with Gasteiger partial charge in [-0.2, -0.15) is 0 Å². The molecule has 1 amide bonds. The number of carbonyl (C=O) groups excluding carboxylic acids is 2. The van der Waals surface area contributed by atoms with E-state index >= 15 is 0 Å². The smallest absolute Gasteiger partial charge is 0.331 e. The molecule has 2 rings (SSSR count). The van der Waals surface area contributed by atoms with Crippen molar-refractivity contribution in [2.24, 2.45) is 0 Å². The standard InChI is InChI=1S/C23H28FN3O7/c1-5-19-15(2)13-18(21(29)26(19)14-16-7-9-17(24)10-8-16)20(28)25-23(3,4)22(30)33-11-6-12-34-27(31)32/h7-10,13H,5-6,11-12,14H2,1-4H3,(H,25,28). The molecular weight excluding hydrogens is 449 g/mol. The lowest BCUT2D eigenvalue weighted by Crippen LogP contribution is -2.52. The van der Waals surface area contributed by atoms with Crippen molar-refractivity contribution in [1.29, 1.82) is 0 Å². The van der Waals surface area contributed by atoms with Crippen LogP contribution in [0.2, 0.25) is 0 Å². The van der Waals surface area contributed by atoms with E-state index in [1.54, 1.807) is 19.1 Å². The number of ether oxygens (including phenoxy) is 1. The predicted molar refractivity (Wildman–Crippen MR) is 120 cm³/mol. The Balaban J connectivity index is 2.20. The number of aromatic nitrogens is 1. The number of aryl methyl sites for hydroxylation is 1. The fourth-order valence-corrected chi connectivity index (χ4v) is 3.36. The summed E-state index contributed by atoms with van der Waals surface area (Å²) in [6.45, 7) is 6.30. The number of rotatable bonds is 11. The molecule has 0 aliphatic rings. The van der Waals surface area contributed by atoms with Gasteiger partial charge in [0.25, 0.3) is 16.6 Å². The predicted octanol–water partition coefficient (Wildman–Crippen LogP) is 2.56. The zero-order chi connectivity index (χ0) is 25.5. The van der Waals surface area contributed by atoms with Gasteiger partial charge >= 0.3 is 5.97 Å². The van der Waals surface area contributed by atoms with E-state index in [4.69, 9.17) is 4.74 Å². The van der Waals surface area contributed by atoms with E-state index in [0.717, 1.165) is 11.3 Å². The van der Waals surface area contributed by atoms with Crippen LogP contribution < -0.4 is 10.9 Å². The summed E-state index contributed by atoms with van der Waals surface area (Å²) in [4.78, 5) is 52.8. The number of hydrogen-bond donors (Lipinski definition) is 1. The third kappa shape index (κ3) is 6.87. The first kappa shape index (κ1) is 26.5. The minimum Gasteiger partial charge on any atom is -0.464 e. The van der Waals surface area contributed by atoms with Gasteiger partial charge in [-0.15, -0.1) is 10.1 Å². The molecule has 2 aromatic rings. The highest BCUT2D eigenvalue weighted by molar-refractivity contribution is 5.97. The minimum atomic E-state index is -1.47. The van der Waals surface area contributed by atoms with Crippen LogP contribution in [0.1, 0.15) is 54.4 Å². The van der Waals surface area contributed by atoms with E-state index in [1.807, 2.05) is 6.92 Å². The molecule has 1 aromatic heterocycles. The summed E-state index contributed by atoms with van der Waals surface area (Å²) in [5, 5.41) is 11.7. The highest BCUT2D eigenvalue weighted by Gasteiger charge is 2.32. The summed E-state index contributed by atoms with van der Waals surface area (Å²) < 4.78 is 19.8. The molecule has 0 spiro atoms. The summed E-state index contributed by atoms with van der Waals surface area (Å²) in [7, 11) is 0. The Morgan fingerprint density at radius 1 is 1.21 bits per heavy atom. The van der Waals surface area contributed by atoms with Gasteiger partial charge in [-0.25, -0.2) is 9.18 Å². The third-order valence-electron chi connectivity index (χ3n) is 5.11. The number of pyridine rings is 1. The van der Waals surface area contributed by atoms with Crippen molar-refractivity contribution in [2.45, 2.75) is 52.6 Å². The van der Waals surface area contributed by atoms with Crippen LogP contribution >= 0.6 is 0 Å². The number of benzene rings is 1. The summed E-state index contributed by atoms with van der Waals surface area (Å²) in [6.07, 6.45) is 0.644. The van der Waals surface area contributed by atoms with Crippen molar-refractivity contribution >= 4 is 11.9 Å². The van der Waals surface area contributed by atoms with Gasteiger partial charge in [0.05, 0.1) is 19.8 Å². The van der Waals surface area contributed by atoms with E-state index in [9.17, 15) is 28.9 Å². The maximum atomic E-state index is 13.3. The molecule has 11 heteroatoms. The Kier molecular flexibility index (Phi) is 8.88. The lowest BCUT2D eigenvalue weighted by atomic mass is 10.0. The van der Waals surface area contributed by atoms with Crippen LogP contribution in [-0.4, -0.2) is 40.3 Å². The van der Waals surface area contributed by atoms with Crippen LogP contribution in [0.4, 0.5) is 4.39 Å². The lowest BCUT2D eigenvalue weighted by molar-refractivity contribution is -0.757. The van der Waals surface area contributed by atoms with Gasteiger partial charge in [0.2, 0.25) is 0 Å². The first-order valence-corrected chi connectivity index (χ1v) is 10.7. The van der Waals surface area contributed by atoms with Gasteiger partial charge in [0.15, 0.2) is 0 Å². The van der Waals surface area contributed by atoms with Crippen LogP contribution in [0.25, 0.3) is 0 Å². The molecule has 10 nitrogen and oxygen atoms in total. The number of halogens is 1. The molecule has 1 heterocycles. The van der Waals surface area contributed by atoms with Crippen molar-refractivity contribution < 1.29 is 28.6 Å². The van der Waals surface area contributed by atoms with Gasteiger partial charge in [-0.05, 0) is 56.5 Å². The Bertz CT molecular complexity index is 1110. The summed E-state index contributed by atoms with van der Waals surface area (Å²) >= 11 is 0. The molecule has 0 bridgehead atoms. The molecule has 0 fully saturated rings. The Morgan fingerprint density at radius 3 is 2.44 bits per heavy atom. The average Bonchev–Trinajstić information content (AvgIpc) is 2.76. The first-order valence-electron chi connectivity index (χ1n) is 10.7. The van der Waals surface area contributed by atoms with E-state index < -0.39 is 33.9 Å². The van der Waals surface area contributed by atoms with Gasteiger partial charge in [0, 0.05) is 12.1 Å². The molecule has 0 radical (unpaired) electrons. The maximum absolute atomic E-state index is 13.3. The van der Waals surface area contributed by atoms with Crippen LogP contribution in [-0.2, 0) is 27.3 Å². The van der Waals surface area contributed by atoms with Crippen molar-refractivity contribution in [3.63, 3.8) is 0 Å². The minimum absolute atomic E-state index is 0.0997. The zero-order valence-corrected chi connectivity index (χ0v) is 19.6. The second-order valence-corrected chi connectivity index (χ2v) is 8.18. The van der Waals surface area contributed by atoms with E-state index in [1.165, 1.54) is 36.6 Å². The lowest BCUT2D eigenvalue weighted by Gasteiger charge is -2.24. The van der Waals surface area contributed by atoms with Gasteiger partial charge < -0.3 is 19.5 Å². The van der Waals surface area contributed by atoms with Crippen molar-refractivity contribution in [1.82, 2.24) is 9.88 Å². The fraction of sp³-hybridized carbons (Fsp3) is 0.435. The molecule has 0 unspecified atom stereocenters. The Hall–Kier alpha value is -3.76. The van der Waals surface area contributed by atoms with E-state index in [-0.39, 0.29) is 31.7 Å². The number of nitrogens with one attached hydrogen (secondary N) is 1. The Morgan fingerprint density at radius 2 is 1.85 bits per heavy atom. The van der Waals surface area contributed by atoms with Gasteiger partial charge in [-0.3, -0.25) is 9.59 Å². The van der Waals surface area contributed by atoms with Crippen LogP contribution in [0.5, 0.6) is 0 Å². The van der Waals surface area contributed by atoms with Crippen molar-refractivity contribution in [2.75, 3.05) is 13.2 Å². The maximum Gasteiger partial charge on any atom is 0.331 e. The van der Waals surface area contributed by atoms with Gasteiger partial charge in [-0.1, -0.05) is 19.1 Å². The molecule has 0 aliphatic carbocycles. The number of carbonyl (C=O) groups is 2. The SMILES string of the molecule is CCc1c(C)cc(C(=O)NC(C)(C)C(=O)OCCCO[N+](=O)[O-])c(=O)n1Cc1ccc(F)cc1. The molecular formula is C23H28FN3O7. The molecule has 0 saturated carbocycles. The number of nitrogens with zero attached hydrogens (tertiary/aromatic N) is 2. The Labute approximate surface area is 195 Å². The molecule has 34 heavy (non-hydrogen) atoms. The summed E-state index contributed by atoms with van der Waals surface area (Å²) in [6, 6.07) is 7.21. The molecule has 1 N–H and O–H groups in total. The fourth-order valence-electron chi connectivity index (χ4n) is 3.36. The average molecular weight is 477 g/mol. The largest absolute Gasteiger partial charge is 0.464 e. The van der Waals surface area contributed by atoms with E-state index in [0.29, 0.717) is 12.0 Å². The second-order valence-electron chi connectivity index (χ2n) is 8.18. The van der Waals surface area contributed by atoms with Crippen molar-refractivity contribution in [3.05, 3.63) is 79.0 Å². The van der Waals surface area contributed by atoms with E-state index in [2.05, 4.69) is 10.2 Å². The van der Waals surface area contributed by atoms with Crippen LogP contribution in [0.3, 0.4) is 0 Å². The number of amides is 1. The number of hydrogen-bond acceptors (Lipinski definition) is 7. The molecule has 1 aromatic carbocycles. The topological polar surface area (TPSA) is 130 Å². The van der Waals surface area contributed by atoms with Crippen LogP contribution in [0, 0.1) is 22.9 Å². The second kappa shape index (κ2) is 11.4. The summed E-state index contributed by atoms with van der Waals surface area (Å²) in [5.74, 6) is -1.91. The third-order valence-corrected chi connectivity index (χ3v) is 5.11. The molecule has 0 atom stereocenters. The summed E-state index contributed by atoms with van der Waals surface area (Å²) in [5.41, 5.74) is 0.0108. The molecule has 0 aliphatic heterocycles.